The number of carbonyl (C=O) groups is 2. The number of hydrogen-bond donors (Lipinski definition) is 2. The molecule has 0 aliphatic heterocycles. The molecule has 0 aromatic heterocycles. The average Bonchev–Trinajstić information content (AvgIpc) is 2.94. The Bertz CT molecular complexity index is 1090. The molecule has 230 valence electrons. The van der Waals surface area contributed by atoms with Crippen LogP contribution >= 0.6 is 11.6 Å². The van der Waals surface area contributed by atoms with Crippen LogP contribution in [-0.4, -0.2) is 29.5 Å². The number of ether oxygens (including phenoxy) is 1. The van der Waals surface area contributed by atoms with Gasteiger partial charge in [-0.2, -0.15) is 0 Å². The monoisotopic (exact) mass is 594 g/mol. The molecular weight excluding hydrogens is 544 g/mol. The second-order valence-corrected chi connectivity index (χ2v) is 11.6. The third kappa shape index (κ3) is 18.9. The van der Waals surface area contributed by atoms with Gasteiger partial charge in [-0.3, -0.25) is 9.59 Å². The van der Waals surface area contributed by atoms with Crippen molar-refractivity contribution in [3.05, 3.63) is 102 Å². The molecule has 0 unspecified atom stereocenters. The van der Waals surface area contributed by atoms with Crippen LogP contribution in [0, 0.1) is 0 Å². The van der Waals surface area contributed by atoms with Crippen LogP contribution in [0.15, 0.2) is 97.2 Å². The van der Waals surface area contributed by atoms with Crippen molar-refractivity contribution >= 4 is 23.4 Å². The summed E-state index contributed by atoms with van der Waals surface area (Å²) in [5, 5.41) is 6.49. The molecule has 2 amide bonds. The minimum Gasteiger partial charge on any atom is -0.478 e. The largest absolute Gasteiger partial charge is 0.478 e. The smallest absolute Gasteiger partial charge is 0.264 e. The Morgan fingerprint density at radius 3 is 1.67 bits per heavy atom. The third-order valence-corrected chi connectivity index (χ3v) is 6.30. The predicted molar refractivity (Wildman–Crippen MR) is 179 cm³/mol. The molecule has 0 heterocycles. The van der Waals surface area contributed by atoms with E-state index in [0.717, 1.165) is 38.5 Å². The summed E-state index contributed by atoms with van der Waals surface area (Å²) in [6.07, 6.45) is 32.9. The van der Waals surface area contributed by atoms with E-state index in [1.807, 2.05) is 19.9 Å². The fourth-order valence-corrected chi connectivity index (χ4v) is 3.73. The predicted octanol–water partition coefficient (Wildman–Crippen LogP) is 8.99. The Labute approximate surface area is 259 Å². The van der Waals surface area contributed by atoms with Gasteiger partial charge in [0.05, 0.1) is 5.54 Å². The topological polar surface area (TPSA) is 67.4 Å². The normalized spacial score (nSPS) is 13.0. The Balaban J connectivity index is 2.18. The van der Waals surface area contributed by atoms with Crippen molar-refractivity contribution in [2.45, 2.75) is 97.1 Å². The van der Waals surface area contributed by atoms with Gasteiger partial charge in [0.25, 0.3) is 5.91 Å². The number of nitrogens with one attached hydrogen (secondary N) is 2. The van der Waals surface area contributed by atoms with Gasteiger partial charge in [-0.25, -0.2) is 0 Å². The fourth-order valence-electron chi connectivity index (χ4n) is 3.61. The van der Waals surface area contributed by atoms with Crippen LogP contribution in [0.4, 0.5) is 0 Å². The molecule has 0 fully saturated rings. The van der Waals surface area contributed by atoms with Crippen molar-refractivity contribution in [2.24, 2.45) is 0 Å². The maximum absolute atomic E-state index is 12.9. The fraction of sp³-hybridized carbons (Fsp3) is 0.444. The first-order valence-corrected chi connectivity index (χ1v) is 15.4. The summed E-state index contributed by atoms with van der Waals surface area (Å²) in [5.74, 6) is 0.239. The van der Waals surface area contributed by atoms with Crippen LogP contribution < -0.4 is 15.4 Å². The number of allylic oxidation sites excluding steroid dienone is 12. The second kappa shape index (κ2) is 21.4. The maximum atomic E-state index is 12.9. The number of benzene rings is 1. The summed E-state index contributed by atoms with van der Waals surface area (Å²) in [6.45, 7) is 9.62. The van der Waals surface area contributed by atoms with E-state index in [2.05, 4.69) is 84.4 Å². The van der Waals surface area contributed by atoms with Gasteiger partial charge in [-0.1, -0.05) is 91.4 Å². The first kappa shape index (κ1) is 36.7. The second-order valence-electron chi connectivity index (χ2n) is 11.1. The van der Waals surface area contributed by atoms with Crippen LogP contribution in [0.2, 0.25) is 5.02 Å². The first-order valence-electron chi connectivity index (χ1n) is 15.0. The molecule has 1 rings (SSSR count). The summed E-state index contributed by atoms with van der Waals surface area (Å²) in [6, 6.07) is 6.87. The van der Waals surface area contributed by atoms with E-state index in [4.69, 9.17) is 16.3 Å². The zero-order valence-electron chi connectivity index (χ0n) is 26.2. The first-order chi connectivity index (χ1) is 20.1. The van der Waals surface area contributed by atoms with Crippen molar-refractivity contribution < 1.29 is 14.3 Å². The molecule has 0 spiro atoms. The summed E-state index contributed by atoms with van der Waals surface area (Å²) in [4.78, 5) is 25.2. The highest BCUT2D eigenvalue weighted by Gasteiger charge is 2.34. The molecule has 2 N–H and O–H groups in total. The minimum atomic E-state index is -1.09. The molecule has 6 heteroatoms. The highest BCUT2D eigenvalue weighted by molar-refractivity contribution is 6.30. The van der Waals surface area contributed by atoms with Crippen LogP contribution in [0.5, 0.6) is 5.75 Å². The lowest BCUT2D eigenvalue weighted by Gasteiger charge is -2.32. The number of amides is 2. The lowest BCUT2D eigenvalue weighted by Crippen LogP contribution is -2.57. The van der Waals surface area contributed by atoms with Crippen LogP contribution in [0.3, 0.4) is 0 Å². The van der Waals surface area contributed by atoms with Crippen LogP contribution in [0.1, 0.15) is 86.0 Å². The average molecular weight is 595 g/mol. The quantitative estimate of drug-likeness (QED) is 0.148. The maximum Gasteiger partial charge on any atom is 0.264 e. The highest BCUT2D eigenvalue weighted by Crippen LogP contribution is 2.21. The van der Waals surface area contributed by atoms with E-state index >= 15 is 0 Å². The van der Waals surface area contributed by atoms with E-state index in [9.17, 15) is 9.59 Å². The molecule has 0 saturated heterocycles. The lowest BCUT2D eigenvalue weighted by molar-refractivity contribution is -0.136. The Kier molecular flexibility index (Phi) is 18.7. The van der Waals surface area contributed by atoms with E-state index in [0.29, 0.717) is 30.2 Å². The molecular formula is C36H51ClN2O3. The number of rotatable bonds is 20. The van der Waals surface area contributed by atoms with E-state index < -0.39 is 11.1 Å². The van der Waals surface area contributed by atoms with Crippen LogP contribution in [-0.2, 0) is 9.59 Å². The van der Waals surface area contributed by atoms with Gasteiger partial charge in [-0.15, -0.1) is 0 Å². The Hall–Kier alpha value is -3.31. The van der Waals surface area contributed by atoms with E-state index in [-0.39, 0.29) is 11.8 Å². The molecule has 0 aliphatic rings. The molecule has 0 bridgehead atoms. The lowest BCUT2D eigenvalue weighted by atomic mass is 10.0. The SMILES string of the molecule is CC/C=C\C/C=C\C/C=C\C/C=C\C/C=C\C/C=C\CCC(=O)NCC(C)(C)NC(=O)C(C)(C)Oc1ccc(Cl)cc1. The summed E-state index contributed by atoms with van der Waals surface area (Å²) in [7, 11) is 0. The molecule has 1 aromatic carbocycles. The standard InChI is InChI=1S/C36H51ClN2O3/c1-6-7-8-9-10-11-12-13-14-15-16-17-18-19-20-21-22-23-24-25-33(40)38-30-35(2,3)39-34(41)36(4,5)42-32-28-26-31(37)27-29-32/h7-8,10-11,13-14,16-17,19-20,22-23,26-29H,6,9,12,15,18,21,24-25,30H2,1-5H3,(H,38,40)(H,39,41)/b8-7-,11-10-,14-13-,17-16-,20-19-,23-22-. The molecule has 5 nitrogen and oxygen atoms in total. The van der Waals surface area contributed by atoms with Crippen molar-refractivity contribution in [1.29, 1.82) is 0 Å². The van der Waals surface area contributed by atoms with Crippen LogP contribution in [0.25, 0.3) is 0 Å². The van der Waals surface area contributed by atoms with Crippen molar-refractivity contribution in [2.75, 3.05) is 6.54 Å². The molecule has 42 heavy (non-hydrogen) atoms. The van der Waals surface area contributed by atoms with Gasteiger partial charge in [0.1, 0.15) is 5.75 Å². The highest BCUT2D eigenvalue weighted by atomic mass is 35.5. The van der Waals surface area contributed by atoms with Gasteiger partial charge in [0, 0.05) is 18.0 Å². The summed E-state index contributed by atoms with van der Waals surface area (Å²) < 4.78 is 5.86. The summed E-state index contributed by atoms with van der Waals surface area (Å²) >= 11 is 5.92. The van der Waals surface area contributed by atoms with Crippen molar-refractivity contribution in [1.82, 2.24) is 10.6 Å². The van der Waals surface area contributed by atoms with E-state index in [1.165, 1.54) is 0 Å². The van der Waals surface area contributed by atoms with Gasteiger partial charge in [-0.05, 0) is 96.9 Å². The molecule has 0 saturated carbocycles. The third-order valence-electron chi connectivity index (χ3n) is 6.05. The zero-order valence-corrected chi connectivity index (χ0v) is 27.0. The van der Waals surface area contributed by atoms with Gasteiger partial charge < -0.3 is 15.4 Å². The van der Waals surface area contributed by atoms with Crippen molar-refractivity contribution in [3.8, 4) is 5.75 Å². The van der Waals surface area contributed by atoms with Crippen molar-refractivity contribution in [3.63, 3.8) is 0 Å². The number of halogens is 1. The molecule has 0 radical (unpaired) electrons. The number of hydrogen-bond acceptors (Lipinski definition) is 3. The molecule has 1 aromatic rings. The molecule has 0 atom stereocenters. The Morgan fingerprint density at radius 2 is 1.19 bits per heavy atom. The Morgan fingerprint density at radius 1 is 0.738 bits per heavy atom. The van der Waals surface area contributed by atoms with E-state index in [1.54, 1.807) is 38.1 Å². The molecule has 0 aliphatic carbocycles. The van der Waals surface area contributed by atoms with Gasteiger partial charge in [0.15, 0.2) is 5.60 Å². The van der Waals surface area contributed by atoms with Gasteiger partial charge in [0.2, 0.25) is 5.91 Å². The number of carbonyl (C=O) groups excluding carboxylic acids is 2. The summed E-state index contributed by atoms with van der Waals surface area (Å²) in [5.41, 5.74) is -1.73. The zero-order chi connectivity index (χ0) is 31.1. The van der Waals surface area contributed by atoms with Gasteiger partial charge >= 0.3 is 0 Å². The minimum absolute atomic E-state index is 0.0477.